The summed E-state index contributed by atoms with van der Waals surface area (Å²) in [6.07, 6.45) is 1.73. The second kappa shape index (κ2) is 4.06. The van der Waals surface area contributed by atoms with Gasteiger partial charge in [-0.2, -0.15) is 0 Å². The summed E-state index contributed by atoms with van der Waals surface area (Å²) in [5.41, 5.74) is 8.49. The minimum absolute atomic E-state index is 0.0363. The average Bonchev–Trinajstić information content (AvgIpc) is 2.69. The van der Waals surface area contributed by atoms with Crippen LogP contribution in [0.15, 0.2) is 29.3 Å². The highest BCUT2D eigenvalue weighted by Crippen LogP contribution is 2.34. The Labute approximate surface area is 108 Å². The Morgan fingerprint density at radius 3 is 3.06 bits per heavy atom. The Morgan fingerprint density at radius 2 is 2.33 bits per heavy atom. The number of imidazole rings is 1. The van der Waals surface area contributed by atoms with E-state index in [0.717, 1.165) is 21.8 Å². The predicted molar refractivity (Wildman–Crippen MR) is 72.4 cm³/mol. The summed E-state index contributed by atoms with van der Waals surface area (Å²) in [7, 11) is 1.87. The van der Waals surface area contributed by atoms with Crippen LogP contribution in [0.25, 0.3) is 11.3 Å². The fourth-order valence-electron chi connectivity index (χ4n) is 1.93. The number of aromatic nitrogens is 2. The molecule has 5 nitrogen and oxygen atoms in total. The lowest BCUT2D eigenvalue weighted by Gasteiger charge is -2.17. The molecule has 1 aliphatic heterocycles. The molecule has 0 unspecified atom stereocenters. The van der Waals surface area contributed by atoms with E-state index in [9.17, 15) is 4.79 Å². The maximum absolute atomic E-state index is 11.4. The zero-order valence-corrected chi connectivity index (χ0v) is 10.6. The smallest absolute Gasteiger partial charge is 0.234 e. The van der Waals surface area contributed by atoms with Gasteiger partial charge in [-0.3, -0.25) is 4.79 Å². The first-order valence-electron chi connectivity index (χ1n) is 5.49. The molecule has 0 atom stereocenters. The van der Waals surface area contributed by atoms with E-state index >= 15 is 0 Å². The molecule has 1 aromatic carbocycles. The number of benzene rings is 1. The Morgan fingerprint density at radius 1 is 1.50 bits per heavy atom. The molecule has 6 heteroatoms. The summed E-state index contributed by atoms with van der Waals surface area (Å²) in [4.78, 5) is 16.5. The molecule has 0 radical (unpaired) electrons. The maximum Gasteiger partial charge on any atom is 0.234 e. The van der Waals surface area contributed by atoms with Crippen molar-refractivity contribution in [1.82, 2.24) is 9.55 Å². The number of nitrogens with two attached hydrogens (primary N) is 1. The third-order valence-electron chi connectivity index (χ3n) is 2.93. The Balaban J connectivity index is 2.07. The van der Waals surface area contributed by atoms with Crippen molar-refractivity contribution in [3.05, 3.63) is 24.4 Å². The first-order chi connectivity index (χ1) is 8.65. The minimum Gasteiger partial charge on any atom is -0.369 e. The molecule has 0 fully saturated rings. The number of nitrogens with one attached hydrogen (secondary N) is 1. The van der Waals surface area contributed by atoms with E-state index in [4.69, 9.17) is 5.73 Å². The molecule has 3 N–H and O–H groups in total. The van der Waals surface area contributed by atoms with Gasteiger partial charge < -0.3 is 15.6 Å². The van der Waals surface area contributed by atoms with Crippen LogP contribution in [0.4, 0.5) is 11.6 Å². The average molecular weight is 260 g/mol. The number of fused-ring (bicyclic) bond motifs is 1. The highest BCUT2D eigenvalue weighted by atomic mass is 32.2. The quantitative estimate of drug-likeness (QED) is 0.818. The number of rotatable bonds is 1. The highest BCUT2D eigenvalue weighted by molar-refractivity contribution is 8.00. The number of nitrogen functional groups attached to an aromatic ring is 1. The van der Waals surface area contributed by atoms with Crippen molar-refractivity contribution in [3.63, 3.8) is 0 Å². The van der Waals surface area contributed by atoms with Gasteiger partial charge in [0, 0.05) is 17.5 Å². The van der Waals surface area contributed by atoms with Crippen LogP contribution < -0.4 is 11.1 Å². The fraction of sp³-hybridized carbons (Fsp3) is 0.167. The van der Waals surface area contributed by atoms with Gasteiger partial charge in [0.2, 0.25) is 5.91 Å². The third kappa shape index (κ3) is 1.74. The van der Waals surface area contributed by atoms with Gasteiger partial charge in [0.1, 0.15) is 0 Å². The van der Waals surface area contributed by atoms with Gasteiger partial charge in [-0.1, -0.05) is 6.07 Å². The molecule has 3 rings (SSSR count). The Hall–Kier alpha value is -1.95. The van der Waals surface area contributed by atoms with E-state index in [0.29, 0.717) is 11.7 Å². The summed E-state index contributed by atoms with van der Waals surface area (Å²) >= 11 is 1.55. The number of hydrogen-bond acceptors (Lipinski definition) is 4. The first-order valence-corrected chi connectivity index (χ1v) is 6.48. The van der Waals surface area contributed by atoms with Gasteiger partial charge in [-0.15, -0.1) is 11.8 Å². The van der Waals surface area contributed by atoms with Crippen LogP contribution in [0.5, 0.6) is 0 Å². The summed E-state index contributed by atoms with van der Waals surface area (Å²) in [6.45, 7) is 0. The molecule has 0 saturated heterocycles. The van der Waals surface area contributed by atoms with Gasteiger partial charge in [-0.05, 0) is 12.1 Å². The second-order valence-electron chi connectivity index (χ2n) is 4.11. The molecule has 2 aromatic rings. The van der Waals surface area contributed by atoms with Crippen LogP contribution >= 0.6 is 11.8 Å². The van der Waals surface area contributed by atoms with E-state index in [1.807, 2.05) is 29.8 Å². The molecular weight excluding hydrogens is 248 g/mol. The van der Waals surface area contributed by atoms with Crippen LogP contribution in [0.2, 0.25) is 0 Å². The van der Waals surface area contributed by atoms with Crippen LogP contribution in [-0.4, -0.2) is 21.2 Å². The molecule has 0 spiro atoms. The summed E-state index contributed by atoms with van der Waals surface area (Å²) in [6, 6.07) is 5.98. The van der Waals surface area contributed by atoms with E-state index < -0.39 is 0 Å². The topological polar surface area (TPSA) is 72.9 Å². The van der Waals surface area contributed by atoms with Crippen LogP contribution in [0, 0.1) is 0 Å². The molecule has 1 amide bonds. The first kappa shape index (κ1) is 11.2. The maximum atomic E-state index is 11.4. The predicted octanol–water partition coefficient (Wildman–Crippen LogP) is 1.71. The largest absolute Gasteiger partial charge is 0.369 e. The van der Waals surface area contributed by atoms with Crippen molar-refractivity contribution in [1.29, 1.82) is 0 Å². The number of hydrogen-bond donors (Lipinski definition) is 2. The third-order valence-corrected chi connectivity index (χ3v) is 4.01. The van der Waals surface area contributed by atoms with Crippen molar-refractivity contribution in [2.24, 2.45) is 7.05 Å². The standard InChI is InChI=1S/C12H12N4OS/c1-16-9(5-14-12(16)13)7-2-3-10-8(4-7)15-11(17)6-18-10/h2-5H,6H2,1H3,(H2,13,14)(H,15,17). The number of carbonyl (C=O) groups excluding carboxylic acids is 1. The zero-order chi connectivity index (χ0) is 12.7. The van der Waals surface area contributed by atoms with Gasteiger partial charge in [-0.25, -0.2) is 4.98 Å². The summed E-state index contributed by atoms with van der Waals surface area (Å²) in [5, 5.41) is 2.88. The summed E-state index contributed by atoms with van der Waals surface area (Å²) in [5.74, 6) is 0.987. The van der Waals surface area contributed by atoms with Crippen LogP contribution in [0.1, 0.15) is 0 Å². The Bertz CT molecular complexity index is 635. The molecular formula is C12H12N4OS. The summed E-state index contributed by atoms with van der Waals surface area (Å²) < 4.78 is 1.82. The zero-order valence-electron chi connectivity index (χ0n) is 9.80. The van der Waals surface area contributed by atoms with Crippen molar-refractivity contribution in [2.75, 3.05) is 16.8 Å². The van der Waals surface area contributed by atoms with E-state index in [2.05, 4.69) is 10.3 Å². The fourth-order valence-corrected chi connectivity index (χ4v) is 2.72. The molecule has 2 heterocycles. The number of nitrogens with zero attached hydrogens (tertiary/aromatic N) is 2. The van der Waals surface area contributed by atoms with Crippen molar-refractivity contribution in [2.45, 2.75) is 4.90 Å². The lowest BCUT2D eigenvalue weighted by Crippen LogP contribution is -2.18. The van der Waals surface area contributed by atoms with E-state index in [-0.39, 0.29) is 5.91 Å². The SMILES string of the molecule is Cn1c(-c2ccc3c(c2)NC(=O)CS3)cnc1N. The molecule has 0 aliphatic carbocycles. The monoisotopic (exact) mass is 260 g/mol. The van der Waals surface area contributed by atoms with Crippen LogP contribution in [-0.2, 0) is 11.8 Å². The van der Waals surface area contributed by atoms with Gasteiger partial charge in [0.05, 0.1) is 23.3 Å². The molecule has 0 bridgehead atoms. The van der Waals surface area contributed by atoms with Crippen molar-refractivity contribution in [3.8, 4) is 11.3 Å². The van der Waals surface area contributed by atoms with E-state index in [1.54, 1.807) is 18.0 Å². The molecule has 18 heavy (non-hydrogen) atoms. The highest BCUT2D eigenvalue weighted by Gasteiger charge is 2.16. The number of carbonyl (C=O) groups is 1. The minimum atomic E-state index is 0.0363. The van der Waals surface area contributed by atoms with Gasteiger partial charge in [0.25, 0.3) is 0 Å². The number of anilines is 2. The van der Waals surface area contributed by atoms with Crippen LogP contribution in [0.3, 0.4) is 0 Å². The lowest BCUT2D eigenvalue weighted by atomic mass is 10.1. The van der Waals surface area contributed by atoms with Crippen molar-refractivity contribution >= 4 is 29.3 Å². The van der Waals surface area contributed by atoms with E-state index in [1.165, 1.54) is 0 Å². The van der Waals surface area contributed by atoms with Gasteiger partial charge >= 0.3 is 0 Å². The molecule has 1 aliphatic rings. The Kier molecular flexibility index (Phi) is 2.52. The second-order valence-corrected chi connectivity index (χ2v) is 5.13. The number of amides is 1. The van der Waals surface area contributed by atoms with Gasteiger partial charge in [0.15, 0.2) is 5.95 Å². The number of thioether (sulfide) groups is 1. The molecule has 1 aromatic heterocycles. The molecule has 92 valence electrons. The lowest BCUT2D eigenvalue weighted by molar-refractivity contribution is -0.113. The normalized spacial score (nSPS) is 14.2. The molecule has 0 saturated carbocycles. The van der Waals surface area contributed by atoms with Crippen molar-refractivity contribution < 1.29 is 4.79 Å².